The second-order valence-electron chi connectivity index (χ2n) is 5.94. The van der Waals surface area contributed by atoms with Crippen LogP contribution in [0.4, 0.5) is 24.0 Å². The van der Waals surface area contributed by atoms with Crippen molar-refractivity contribution in [2.75, 3.05) is 18.4 Å². The fourth-order valence-corrected chi connectivity index (χ4v) is 3.43. The molecule has 1 fully saturated rings. The van der Waals surface area contributed by atoms with Crippen molar-refractivity contribution in [2.45, 2.75) is 32.0 Å². The van der Waals surface area contributed by atoms with Crippen molar-refractivity contribution in [3.8, 4) is 5.75 Å². The predicted molar refractivity (Wildman–Crippen MR) is 92.9 cm³/mol. The fraction of sp³-hybridized carbons (Fsp3) is 0.412. The van der Waals surface area contributed by atoms with Crippen LogP contribution in [0.3, 0.4) is 0 Å². The zero-order chi connectivity index (χ0) is 18.6. The summed E-state index contributed by atoms with van der Waals surface area (Å²) < 4.78 is 40.3. The Morgan fingerprint density at radius 3 is 2.38 bits per heavy atom. The lowest BCUT2D eigenvalue weighted by Gasteiger charge is -2.18. The summed E-state index contributed by atoms with van der Waals surface area (Å²) in [5.74, 6) is -0.371. The van der Waals surface area contributed by atoms with E-state index in [0.29, 0.717) is 16.5 Å². The Bertz CT molecular complexity index is 738. The number of alkyl halides is 3. The average molecular weight is 385 g/mol. The van der Waals surface area contributed by atoms with Crippen LogP contribution in [0.15, 0.2) is 29.6 Å². The summed E-state index contributed by atoms with van der Waals surface area (Å²) in [7, 11) is 0. The molecule has 1 aliphatic heterocycles. The molecule has 140 valence electrons. The fourth-order valence-electron chi connectivity index (χ4n) is 2.73. The highest BCUT2D eigenvalue weighted by Gasteiger charge is 2.31. The van der Waals surface area contributed by atoms with Crippen LogP contribution >= 0.6 is 11.3 Å². The third-order valence-corrected chi connectivity index (χ3v) is 4.71. The lowest BCUT2D eigenvalue weighted by atomic mass is 10.2. The highest BCUT2D eigenvalue weighted by atomic mass is 32.1. The number of ether oxygens (including phenoxy) is 1. The Labute approximate surface area is 152 Å². The molecule has 0 unspecified atom stereocenters. The van der Waals surface area contributed by atoms with Gasteiger partial charge in [-0.3, -0.25) is 4.79 Å². The van der Waals surface area contributed by atoms with Gasteiger partial charge in [0, 0.05) is 24.2 Å². The van der Waals surface area contributed by atoms with Gasteiger partial charge in [-0.1, -0.05) is 12.8 Å². The summed E-state index contributed by atoms with van der Waals surface area (Å²) in [4.78, 5) is 18.6. The number of thiazole rings is 1. The first-order valence-corrected chi connectivity index (χ1v) is 9.16. The number of carbonyl (C=O) groups excluding carboxylic acids is 1. The first-order valence-electron chi connectivity index (χ1n) is 8.28. The molecule has 9 heteroatoms. The van der Waals surface area contributed by atoms with Gasteiger partial charge in [0.1, 0.15) is 11.4 Å². The number of anilines is 2. The summed E-state index contributed by atoms with van der Waals surface area (Å²) in [5, 5.41) is 5.18. The maximum atomic E-state index is 12.5. The molecule has 1 N–H and O–H groups in total. The number of nitrogens with zero attached hydrogens (tertiary/aromatic N) is 2. The Morgan fingerprint density at radius 1 is 1.12 bits per heavy atom. The van der Waals surface area contributed by atoms with E-state index < -0.39 is 6.36 Å². The smallest absolute Gasteiger partial charge is 0.406 e. The number of nitrogens with one attached hydrogen (secondary N) is 1. The molecule has 0 radical (unpaired) electrons. The van der Waals surface area contributed by atoms with Crippen molar-refractivity contribution in [2.24, 2.45) is 0 Å². The minimum atomic E-state index is -4.72. The van der Waals surface area contributed by atoms with Crippen molar-refractivity contribution in [3.05, 3.63) is 35.3 Å². The van der Waals surface area contributed by atoms with Crippen molar-refractivity contribution in [1.82, 2.24) is 9.88 Å². The molecular formula is C17H18F3N3O2S. The molecule has 1 aliphatic rings. The van der Waals surface area contributed by atoms with Gasteiger partial charge in [-0.15, -0.1) is 24.5 Å². The molecule has 2 heterocycles. The number of benzene rings is 1. The van der Waals surface area contributed by atoms with Crippen molar-refractivity contribution in [1.29, 1.82) is 0 Å². The molecule has 2 aromatic rings. The van der Waals surface area contributed by atoms with E-state index >= 15 is 0 Å². The Kier molecular flexibility index (Phi) is 5.65. The molecule has 1 aromatic carbocycles. The summed E-state index contributed by atoms with van der Waals surface area (Å²) >= 11 is 1.28. The third-order valence-electron chi connectivity index (χ3n) is 3.96. The molecule has 0 aliphatic carbocycles. The molecular weight excluding hydrogens is 367 g/mol. The van der Waals surface area contributed by atoms with Crippen molar-refractivity contribution >= 4 is 28.1 Å². The summed E-state index contributed by atoms with van der Waals surface area (Å²) in [6, 6.07) is 5.34. The normalized spacial score (nSPS) is 15.4. The number of carbonyl (C=O) groups is 1. The van der Waals surface area contributed by atoms with Gasteiger partial charge in [0.15, 0.2) is 5.13 Å². The maximum absolute atomic E-state index is 12.5. The number of likely N-dealkylation sites (tertiary alicyclic amines) is 1. The van der Waals surface area contributed by atoms with Crippen molar-refractivity contribution < 1.29 is 22.7 Å². The Morgan fingerprint density at radius 2 is 1.77 bits per heavy atom. The van der Waals surface area contributed by atoms with E-state index in [1.54, 1.807) is 5.38 Å². The van der Waals surface area contributed by atoms with Crippen LogP contribution in [0.1, 0.15) is 36.2 Å². The predicted octanol–water partition coefficient (Wildman–Crippen LogP) is 4.80. The second-order valence-corrected chi connectivity index (χ2v) is 6.80. The van der Waals surface area contributed by atoms with Gasteiger partial charge < -0.3 is 15.0 Å². The number of rotatable bonds is 4. The molecule has 0 bridgehead atoms. The van der Waals surface area contributed by atoms with E-state index in [0.717, 1.165) is 38.8 Å². The van der Waals surface area contributed by atoms with E-state index in [2.05, 4.69) is 15.0 Å². The molecule has 1 amide bonds. The van der Waals surface area contributed by atoms with Gasteiger partial charge in [-0.2, -0.15) is 0 Å². The van der Waals surface area contributed by atoms with Gasteiger partial charge in [-0.05, 0) is 37.1 Å². The monoisotopic (exact) mass is 385 g/mol. The number of aromatic nitrogens is 1. The van der Waals surface area contributed by atoms with Crippen LogP contribution in [0.5, 0.6) is 5.75 Å². The van der Waals surface area contributed by atoms with Crippen LogP contribution in [-0.2, 0) is 0 Å². The van der Waals surface area contributed by atoms with Crippen LogP contribution in [0, 0.1) is 0 Å². The lowest BCUT2D eigenvalue weighted by molar-refractivity contribution is -0.274. The van der Waals surface area contributed by atoms with Gasteiger partial charge in [0.25, 0.3) is 5.91 Å². The van der Waals surface area contributed by atoms with Crippen LogP contribution < -0.4 is 10.1 Å². The third kappa shape index (κ3) is 5.10. The quantitative estimate of drug-likeness (QED) is 0.821. The standard InChI is InChI=1S/C17H18F3N3O2S/c18-17(19,20)25-13-7-5-12(6-8-13)21-16-22-14(11-26-16)15(24)23-9-3-1-2-4-10-23/h5-8,11H,1-4,9-10H2,(H,21,22). The Hall–Kier alpha value is -2.29. The van der Waals surface area contributed by atoms with E-state index in [1.807, 2.05) is 4.90 Å². The Balaban J connectivity index is 1.62. The molecule has 1 saturated heterocycles. The molecule has 5 nitrogen and oxygen atoms in total. The van der Waals surface area contributed by atoms with Gasteiger partial charge in [-0.25, -0.2) is 4.98 Å². The SMILES string of the molecule is O=C(c1csc(Nc2ccc(OC(F)(F)F)cc2)n1)N1CCCCCC1. The summed E-state index contributed by atoms with van der Waals surface area (Å²) in [5.41, 5.74) is 0.944. The molecule has 26 heavy (non-hydrogen) atoms. The second kappa shape index (κ2) is 7.94. The minimum Gasteiger partial charge on any atom is -0.406 e. The molecule has 1 aromatic heterocycles. The largest absolute Gasteiger partial charge is 0.573 e. The zero-order valence-electron chi connectivity index (χ0n) is 13.9. The number of amides is 1. The lowest BCUT2D eigenvalue weighted by Crippen LogP contribution is -2.32. The van der Waals surface area contributed by atoms with Crippen LogP contribution in [-0.4, -0.2) is 35.2 Å². The van der Waals surface area contributed by atoms with E-state index in [4.69, 9.17) is 0 Å². The summed E-state index contributed by atoms with van der Waals surface area (Å²) in [6.45, 7) is 1.50. The van der Waals surface area contributed by atoms with Gasteiger partial charge in [0.05, 0.1) is 0 Å². The number of halogens is 3. The first-order chi connectivity index (χ1) is 12.4. The molecule has 0 saturated carbocycles. The van der Waals surface area contributed by atoms with E-state index in [1.165, 1.54) is 35.6 Å². The maximum Gasteiger partial charge on any atom is 0.573 e. The highest BCUT2D eigenvalue weighted by Crippen LogP contribution is 2.26. The first kappa shape index (κ1) is 18.5. The summed E-state index contributed by atoms with van der Waals surface area (Å²) in [6.07, 6.45) is -0.420. The van der Waals surface area contributed by atoms with E-state index in [-0.39, 0.29) is 11.7 Å². The number of hydrogen-bond acceptors (Lipinski definition) is 5. The average Bonchev–Trinajstić information content (AvgIpc) is 2.87. The molecule has 0 spiro atoms. The molecule has 3 rings (SSSR count). The van der Waals surface area contributed by atoms with E-state index in [9.17, 15) is 18.0 Å². The van der Waals surface area contributed by atoms with Crippen LogP contribution in [0.25, 0.3) is 0 Å². The zero-order valence-corrected chi connectivity index (χ0v) is 14.7. The van der Waals surface area contributed by atoms with Gasteiger partial charge in [0.2, 0.25) is 0 Å². The molecule has 0 atom stereocenters. The minimum absolute atomic E-state index is 0.0786. The topological polar surface area (TPSA) is 54.5 Å². The van der Waals surface area contributed by atoms with Crippen LogP contribution in [0.2, 0.25) is 0 Å². The van der Waals surface area contributed by atoms with Crippen molar-refractivity contribution in [3.63, 3.8) is 0 Å². The van der Waals surface area contributed by atoms with Gasteiger partial charge >= 0.3 is 6.36 Å². The highest BCUT2D eigenvalue weighted by molar-refractivity contribution is 7.14. The number of hydrogen-bond donors (Lipinski definition) is 1.